The molecule has 0 bridgehead atoms. The molecule has 0 saturated carbocycles. The standard InChI is InChI=1S/C17H26N2.ClH/c1-14-9-15(2)11-16(10-14)12-19-8-5-17(13-19)3-6-18-7-4-17;/h9-11,18H,3-8,12-13H2,1-2H3;1H. The zero-order chi connectivity index (χ0) is 13.3. The molecule has 0 unspecified atom stereocenters. The third-order valence-corrected chi connectivity index (χ3v) is 4.87. The van der Waals surface area contributed by atoms with Crippen LogP contribution in [0.15, 0.2) is 18.2 Å². The molecule has 0 radical (unpaired) electrons. The molecule has 1 aromatic carbocycles. The van der Waals surface area contributed by atoms with Gasteiger partial charge in [-0.15, -0.1) is 12.4 Å². The Balaban J connectivity index is 0.00000147. The molecule has 0 aromatic heterocycles. The summed E-state index contributed by atoms with van der Waals surface area (Å²) in [6.45, 7) is 10.6. The molecule has 3 heteroatoms. The van der Waals surface area contributed by atoms with E-state index in [1.54, 1.807) is 0 Å². The predicted molar refractivity (Wildman–Crippen MR) is 87.6 cm³/mol. The van der Waals surface area contributed by atoms with Gasteiger partial charge in [0, 0.05) is 13.1 Å². The Kier molecular flexibility index (Phi) is 5.11. The summed E-state index contributed by atoms with van der Waals surface area (Å²) in [4.78, 5) is 2.67. The lowest BCUT2D eigenvalue weighted by Crippen LogP contribution is -2.38. The van der Waals surface area contributed by atoms with Gasteiger partial charge in [0.05, 0.1) is 0 Å². The first-order valence-corrected chi connectivity index (χ1v) is 7.66. The summed E-state index contributed by atoms with van der Waals surface area (Å²) in [7, 11) is 0. The van der Waals surface area contributed by atoms with Gasteiger partial charge in [0.25, 0.3) is 0 Å². The van der Waals surface area contributed by atoms with Gasteiger partial charge >= 0.3 is 0 Å². The van der Waals surface area contributed by atoms with E-state index in [2.05, 4.69) is 42.3 Å². The first kappa shape index (κ1) is 15.8. The van der Waals surface area contributed by atoms with E-state index in [1.807, 2.05) is 0 Å². The summed E-state index contributed by atoms with van der Waals surface area (Å²) >= 11 is 0. The van der Waals surface area contributed by atoms with Crippen LogP contribution in [0.4, 0.5) is 0 Å². The maximum Gasteiger partial charge on any atom is 0.0234 e. The molecule has 0 aliphatic carbocycles. The van der Waals surface area contributed by atoms with Gasteiger partial charge in [-0.05, 0) is 63.7 Å². The monoisotopic (exact) mass is 294 g/mol. The van der Waals surface area contributed by atoms with Gasteiger partial charge in [-0.2, -0.15) is 0 Å². The molecule has 0 amide bonds. The van der Waals surface area contributed by atoms with Crippen molar-refractivity contribution in [2.24, 2.45) is 5.41 Å². The summed E-state index contributed by atoms with van der Waals surface area (Å²) in [5.41, 5.74) is 4.91. The van der Waals surface area contributed by atoms with Crippen LogP contribution in [0.1, 0.15) is 36.0 Å². The van der Waals surface area contributed by atoms with E-state index in [4.69, 9.17) is 0 Å². The molecular weight excluding hydrogens is 268 g/mol. The molecule has 2 heterocycles. The molecule has 2 fully saturated rings. The molecule has 1 N–H and O–H groups in total. The second kappa shape index (κ2) is 6.46. The summed E-state index contributed by atoms with van der Waals surface area (Å²) in [5.74, 6) is 0. The van der Waals surface area contributed by atoms with E-state index >= 15 is 0 Å². The third kappa shape index (κ3) is 3.55. The van der Waals surface area contributed by atoms with E-state index in [9.17, 15) is 0 Å². The van der Waals surface area contributed by atoms with Crippen LogP contribution in [-0.4, -0.2) is 31.1 Å². The topological polar surface area (TPSA) is 15.3 Å². The van der Waals surface area contributed by atoms with Crippen LogP contribution in [0.2, 0.25) is 0 Å². The Morgan fingerprint density at radius 2 is 1.70 bits per heavy atom. The Bertz CT molecular complexity index is 432. The van der Waals surface area contributed by atoms with Gasteiger partial charge in [0.1, 0.15) is 0 Å². The average molecular weight is 295 g/mol. The van der Waals surface area contributed by atoms with E-state index in [1.165, 1.54) is 62.1 Å². The van der Waals surface area contributed by atoms with Crippen LogP contribution in [-0.2, 0) is 6.54 Å². The minimum atomic E-state index is 0. The predicted octanol–water partition coefficient (Wildman–Crippen LogP) is 3.30. The van der Waals surface area contributed by atoms with Crippen LogP contribution in [0.25, 0.3) is 0 Å². The molecule has 0 atom stereocenters. The number of hydrogen-bond acceptors (Lipinski definition) is 2. The van der Waals surface area contributed by atoms with Crippen molar-refractivity contribution in [2.75, 3.05) is 26.2 Å². The molecule has 2 nitrogen and oxygen atoms in total. The maximum atomic E-state index is 3.50. The van der Waals surface area contributed by atoms with Gasteiger partial charge in [0.15, 0.2) is 0 Å². The molecule has 2 saturated heterocycles. The van der Waals surface area contributed by atoms with Gasteiger partial charge in [-0.1, -0.05) is 29.3 Å². The minimum Gasteiger partial charge on any atom is -0.317 e. The van der Waals surface area contributed by atoms with Crippen molar-refractivity contribution >= 4 is 12.4 Å². The SMILES string of the molecule is Cc1cc(C)cc(CN2CCC3(CCNCC3)C2)c1.Cl. The van der Waals surface area contributed by atoms with Crippen molar-refractivity contribution in [2.45, 2.75) is 39.7 Å². The van der Waals surface area contributed by atoms with Gasteiger partial charge in [-0.3, -0.25) is 4.90 Å². The zero-order valence-corrected chi connectivity index (χ0v) is 13.6. The number of rotatable bonds is 2. The fourth-order valence-electron chi connectivity index (χ4n) is 3.95. The minimum absolute atomic E-state index is 0. The van der Waals surface area contributed by atoms with Crippen LogP contribution in [0.3, 0.4) is 0 Å². The Morgan fingerprint density at radius 3 is 2.35 bits per heavy atom. The molecule has 1 aromatic rings. The smallest absolute Gasteiger partial charge is 0.0234 e. The number of nitrogens with zero attached hydrogens (tertiary/aromatic N) is 1. The summed E-state index contributed by atoms with van der Waals surface area (Å²) in [5, 5.41) is 3.50. The van der Waals surface area contributed by atoms with Crippen molar-refractivity contribution in [3.05, 3.63) is 34.9 Å². The largest absolute Gasteiger partial charge is 0.317 e. The molecule has 3 rings (SSSR count). The highest BCUT2D eigenvalue weighted by atomic mass is 35.5. The molecule has 112 valence electrons. The van der Waals surface area contributed by atoms with Crippen LogP contribution in [0.5, 0.6) is 0 Å². The Labute approximate surface area is 129 Å². The van der Waals surface area contributed by atoms with Crippen molar-refractivity contribution in [3.8, 4) is 0 Å². The lowest BCUT2D eigenvalue weighted by molar-refractivity contribution is 0.194. The lowest BCUT2D eigenvalue weighted by Gasteiger charge is -2.34. The number of likely N-dealkylation sites (tertiary alicyclic amines) is 1. The molecule has 20 heavy (non-hydrogen) atoms. The van der Waals surface area contributed by atoms with Gasteiger partial charge in [0.2, 0.25) is 0 Å². The first-order chi connectivity index (χ1) is 9.15. The summed E-state index contributed by atoms with van der Waals surface area (Å²) in [6.07, 6.45) is 4.15. The highest BCUT2D eigenvalue weighted by Gasteiger charge is 2.38. The van der Waals surface area contributed by atoms with E-state index in [0.717, 1.165) is 6.54 Å². The van der Waals surface area contributed by atoms with Crippen LogP contribution in [0, 0.1) is 19.3 Å². The van der Waals surface area contributed by atoms with E-state index < -0.39 is 0 Å². The summed E-state index contributed by atoms with van der Waals surface area (Å²) in [6, 6.07) is 6.96. The second-order valence-corrected chi connectivity index (χ2v) is 6.71. The summed E-state index contributed by atoms with van der Waals surface area (Å²) < 4.78 is 0. The number of halogens is 1. The van der Waals surface area contributed by atoms with Gasteiger partial charge < -0.3 is 5.32 Å². The zero-order valence-electron chi connectivity index (χ0n) is 12.7. The third-order valence-electron chi connectivity index (χ3n) is 4.87. The van der Waals surface area contributed by atoms with E-state index in [-0.39, 0.29) is 12.4 Å². The second-order valence-electron chi connectivity index (χ2n) is 6.71. The molecular formula is C17H27ClN2. The fourth-order valence-corrected chi connectivity index (χ4v) is 3.95. The molecule has 2 aliphatic heterocycles. The number of aryl methyl sites for hydroxylation is 2. The Hall–Kier alpha value is -0.570. The number of piperidine rings is 1. The maximum absolute atomic E-state index is 3.50. The average Bonchev–Trinajstić information content (AvgIpc) is 2.71. The fraction of sp³-hybridized carbons (Fsp3) is 0.647. The quantitative estimate of drug-likeness (QED) is 0.900. The number of hydrogen-bond donors (Lipinski definition) is 1. The van der Waals surface area contributed by atoms with Gasteiger partial charge in [-0.25, -0.2) is 0 Å². The highest BCUT2D eigenvalue weighted by molar-refractivity contribution is 5.85. The highest BCUT2D eigenvalue weighted by Crippen LogP contribution is 2.39. The normalized spacial score (nSPS) is 21.9. The van der Waals surface area contributed by atoms with Crippen molar-refractivity contribution in [1.82, 2.24) is 10.2 Å². The molecule has 2 aliphatic rings. The van der Waals surface area contributed by atoms with Crippen LogP contribution >= 0.6 is 12.4 Å². The van der Waals surface area contributed by atoms with Crippen LogP contribution < -0.4 is 5.32 Å². The Morgan fingerprint density at radius 1 is 1.05 bits per heavy atom. The van der Waals surface area contributed by atoms with Crippen molar-refractivity contribution in [1.29, 1.82) is 0 Å². The van der Waals surface area contributed by atoms with E-state index in [0.29, 0.717) is 5.41 Å². The molecule has 1 spiro atoms. The lowest BCUT2D eigenvalue weighted by atomic mass is 9.78. The number of nitrogens with one attached hydrogen (secondary N) is 1. The van der Waals surface area contributed by atoms with Crippen molar-refractivity contribution in [3.63, 3.8) is 0 Å². The first-order valence-electron chi connectivity index (χ1n) is 7.66. The van der Waals surface area contributed by atoms with Crippen molar-refractivity contribution < 1.29 is 0 Å². The number of benzene rings is 1.